The van der Waals surface area contributed by atoms with Crippen molar-refractivity contribution >= 4 is 19.7 Å². The first kappa shape index (κ1) is 11.2. The molecule has 0 atom stereocenters. The van der Waals surface area contributed by atoms with Gasteiger partial charge in [-0.25, -0.2) is 16.8 Å². The number of sulfone groups is 2. The monoisotopic (exact) mass is 234 g/mol. The van der Waals surface area contributed by atoms with E-state index in [1.807, 2.05) is 0 Å². The highest BCUT2D eigenvalue weighted by atomic mass is 32.2. The van der Waals surface area contributed by atoms with Gasteiger partial charge in [0, 0.05) is 12.5 Å². The molecule has 0 radical (unpaired) electrons. The van der Waals surface area contributed by atoms with Crippen molar-refractivity contribution in [1.29, 1.82) is 0 Å². The highest BCUT2D eigenvalue weighted by Crippen LogP contribution is 2.15. The molecule has 0 unspecified atom stereocenters. The lowest BCUT2D eigenvalue weighted by atomic mass is 10.4. The predicted molar refractivity (Wildman–Crippen MR) is 52.7 cm³/mol. The summed E-state index contributed by atoms with van der Waals surface area (Å²) in [5.41, 5.74) is 0. The van der Waals surface area contributed by atoms with Gasteiger partial charge in [-0.2, -0.15) is 0 Å². The van der Waals surface area contributed by atoms with Crippen LogP contribution >= 0.6 is 0 Å². The number of benzene rings is 1. The molecule has 0 heterocycles. The van der Waals surface area contributed by atoms with Crippen LogP contribution in [0.1, 0.15) is 0 Å². The normalized spacial score (nSPS) is 12.7. The molecule has 14 heavy (non-hydrogen) atoms. The Morgan fingerprint density at radius 2 is 1.21 bits per heavy atom. The molecule has 0 aromatic heterocycles. The third kappa shape index (κ3) is 2.55. The van der Waals surface area contributed by atoms with E-state index in [0.29, 0.717) is 0 Å². The van der Waals surface area contributed by atoms with Gasteiger partial charge in [-0.1, -0.05) is 6.07 Å². The molecule has 6 heteroatoms. The Kier molecular flexibility index (Phi) is 2.69. The summed E-state index contributed by atoms with van der Waals surface area (Å²) < 4.78 is 44.5. The van der Waals surface area contributed by atoms with Crippen molar-refractivity contribution in [3.05, 3.63) is 24.3 Å². The van der Waals surface area contributed by atoms with Crippen LogP contribution in [-0.4, -0.2) is 29.3 Å². The van der Waals surface area contributed by atoms with Crippen molar-refractivity contribution in [3.8, 4) is 0 Å². The molecule has 0 aliphatic rings. The molecule has 0 amide bonds. The van der Waals surface area contributed by atoms with Crippen LogP contribution in [0, 0.1) is 0 Å². The highest BCUT2D eigenvalue weighted by molar-refractivity contribution is 7.91. The maximum atomic E-state index is 11.1. The van der Waals surface area contributed by atoms with Crippen LogP contribution in [0.3, 0.4) is 0 Å². The molecule has 0 N–H and O–H groups in total. The number of rotatable bonds is 2. The number of hydrogen-bond donors (Lipinski definition) is 0. The van der Waals surface area contributed by atoms with Crippen LogP contribution in [0.25, 0.3) is 0 Å². The fraction of sp³-hybridized carbons (Fsp3) is 0.250. The lowest BCUT2D eigenvalue weighted by Crippen LogP contribution is -2.01. The molecule has 0 aliphatic carbocycles. The average molecular weight is 234 g/mol. The van der Waals surface area contributed by atoms with E-state index in [1.165, 1.54) is 18.2 Å². The zero-order valence-electron chi connectivity index (χ0n) is 7.76. The minimum absolute atomic E-state index is 0.0143. The molecular formula is C8H10O4S2. The van der Waals surface area contributed by atoms with Crippen molar-refractivity contribution in [2.75, 3.05) is 12.5 Å². The van der Waals surface area contributed by atoms with Crippen molar-refractivity contribution in [2.45, 2.75) is 9.79 Å². The molecule has 1 aromatic rings. The summed E-state index contributed by atoms with van der Waals surface area (Å²) in [4.78, 5) is 0.0286. The van der Waals surface area contributed by atoms with Crippen LogP contribution in [0.5, 0.6) is 0 Å². The zero-order valence-corrected chi connectivity index (χ0v) is 9.39. The molecule has 0 bridgehead atoms. The highest BCUT2D eigenvalue weighted by Gasteiger charge is 2.12. The summed E-state index contributed by atoms with van der Waals surface area (Å²) in [5, 5.41) is 0. The molecule has 78 valence electrons. The van der Waals surface area contributed by atoms with Crippen LogP contribution in [0.4, 0.5) is 0 Å². The lowest BCUT2D eigenvalue weighted by Gasteiger charge is -2.01. The fourth-order valence-electron chi connectivity index (χ4n) is 0.935. The number of hydrogen-bond acceptors (Lipinski definition) is 4. The first-order valence-corrected chi connectivity index (χ1v) is 7.50. The molecule has 0 fully saturated rings. The second-order valence-electron chi connectivity index (χ2n) is 3.02. The summed E-state index contributed by atoms with van der Waals surface area (Å²) in [6.07, 6.45) is 2.07. The Balaban J connectivity index is 3.44. The topological polar surface area (TPSA) is 68.3 Å². The van der Waals surface area contributed by atoms with E-state index in [1.54, 1.807) is 0 Å². The lowest BCUT2D eigenvalue weighted by molar-refractivity contribution is 0.600. The van der Waals surface area contributed by atoms with E-state index in [4.69, 9.17) is 0 Å². The minimum atomic E-state index is -3.35. The van der Waals surface area contributed by atoms with E-state index < -0.39 is 19.7 Å². The Morgan fingerprint density at radius 3 is 1.50 bits per heavy atom. The van der Waals surface area contributed by atoms with E-state index in [9.17, 15) is 16.8 Å². The third-order valence-electron chi connectivity index (χ3n) is 1.66. The molecule has 1 rings (SSSR count). The van der Waals surface area contributed by atoms with Crippen molar-refractivity contribution in [3.63, 3.8) is 0 Å². The van der Waals surface area contributed by atoms with E-state index in [-0.39, 0.29) is 9.79 Å². The van der Waals surface area contributed by atoms with Gasteiger partial charge >= 0.3 is 0 Å². The van der Waals surface area contributed by atoms with E-state index >= 15 is 0 Å². The third-order valence-corrected chi connectivity index (χ3v) is 3.88. The maximum absolute atomic E-state index is 11.1. The summed E-state index contributed by atoms with van der Waals surface area (Å²) in [5.74, 6) is 0. The predicted octanol–water partition coefficient (Wildman–Crippen LogP) is 0.494. The Labute approximate surface area is 83.4 Å². The van der Waals surface area contributed by atoms with Crippen molar-refractivity contribution in [2.24, 2.45) is 0 Å². The largest absolute Gasteiger partial charge is 0.224 e. The summed E-state index contributed by atoms with van der Waals surface area (Å²) in [7, 11) is -6.70. The summed E-state index contributed by atoms with van der Waals surface area (Å²) in [6.45, 7) is 0. The van der Waals surface area contributed by atoms with Gasteiger partial charge in [-0.05, 0) is 18.2 Å². The van der Waals surface area contributed by atoms with E-state index in [0.717, 1.165) is 18.6 Å². The first-order valence-electron chi connectivity index (χ1n) is 3.71. The van der Waals surface area contributed by atoms with Crippen LogP contribution in [-0.2, 0) is 19.7 Å². The van der Waals surface area contributed by atoms with Crippen LogP contribution in [0.15, 0.2) is 34.1 Å². The molecule has 1 aromatic carbocycles. The summed E-state index contributed by atoms with van der Waals surface area (Å²) >= 11 is 0. The van der Waals surface area contributed by atoms with Gasteiger partial charge in [0.25, 0.3) is 0 Å². The standard InChI is InChI=1S/C8H10O4S2/c1-13(9,10)7-4-3-5-8(6-7)14(2,11)12/h3-6H,1-2H3. The molecule has 0 spiro atoms. The van der Waals surface area contributed by atoms with Gasteiger partial charge in [0.05, 0.1) is 9.79 Å². The van der Waals surface area contributed by atoms with Gasteiger partial charge in [-0.3, -0.25) is 0 Å². The molecule has 0 saturated heterocycles. The van der Waals surface area contributed by atoms with Crippen LogP contribution in [0.2, 0.25) is 0 Å². The van der Waals surface area contributed by atoms with Gasteiger partial charge in [0.2, 0.25) is 0 Å². The van der Waals surface area contributed by atoms with Gasteiger partial charge in [0.15, 0.2) is 19.7 Å². The molecular weight excluding hydrogens is 224 g/mol. The minimum Gasteiger partial charge on any atom is -0.224 e. The second kappa shape index (κ2) is 3.36. The summed E-state index contributed by atoms with van der Waals surface area (Å²) in [6, 6.07) is 5.30. The Bertz CT molecular complexity index is 493. The molecule has 0 saturated carbocycles. The molecule has 0 aliphatic heterocycles. The fourth-order valence-corrected chi connectivity index (χ4v) is 2.34. The van der Waals surface area contributed by atoms with E-state index in [2.05, 4.69) is 0 Å². The van der Waals surface area contributed by atoms with Gasteiger partial charge in [-0.15, -0.1) is 0 Å². The Hall–Kier alpha value is -0.880. The van der Waals surface area contributed by atoms with Crippen molar-refractivity contribution in [1.82, 2.24) is 0 Å². The first-order chi connectivity index (χ1) is 6.21. The van der Waals surface area contributed by atoms with Gasteiger partial charge < -0.3 is 0 Å². The van der Waals surface area contributed by atoms with Gasteiger partial charge in [0.1, 0.15) is 0 Å². The maximum Gasteiger partial charge on any atom is 0.175 e. The zero-order chi connectivity index (χ0) is 11.0. The van der Waals surface area contributed by atoms with Crippen LogP contribution < -0.4 is 0 Å². The Morgan fingerprint density at radius 1 is 0.857 bits per heavy atom. The van der Waals surface area contributed by atoms with Crippen molar-refractivity contribution < 1.29 is 16.8 Å². The SMILES string of the molecule is CS(=O)(=O)c1cccc(S(C)(=O)=O)c1. The average Bonchev–Trinajstić information content (AvgIpc) is 2.01. The smallest absolute Gasteiger partial charge is 0.175 e. The quantitative estimate of drug-likeness (QED) is 0.747. The second-order valence-corrected chi connectivity index (χ2v) is 7.05. The molecule has 4 nitrogen and oxygen atoms in total.